The van der Waals surface area contributed by atoms with Gasteiger partial charge in [0.15, 0.2) is 0 Å². The van der Waals surface area contributed by atoms with E-state index in [1.54, 1.807) is 68.3 Å². The molecule has 0 radical (unpaired) electrons. The smallest absolute Gasteiger partial charge is 0.150 e. The second-order valence-electron chi connectivity index (χ2n) is 10.4. The van der Waals surface area contributed by atoms with Gasteiger partial charge in [0.2, 0.25) is 0 Å². The van der Waals surface area contributed by atoms with E-state index in [2.05, 4.69) is 78.8 Å². The van der Waals surface area contributed by atoms with Crippen LogP contribution in [0.5, 0.6) is 0 Å². The zero-order valence-electron chi connectivity index (χ0n) is 31.4. The van der Waals surface area contributed by atoms with Crippen LogP contribution < -0.4 is 27.8 Å². The SMILES string of the molecule is CCN(CC)CC.Clc1ncnc2ccsc12.NCCSSCCN.NCCSSCCNc1ncnc2ccsc12.SCCNc1ncnc2ccsc12. The Bertz CT molecular complexity index is 1800. The molecule has 0 amide bonds. The Morgan fingerprint density at radius 3 is 1.40 bits per heavy atom. The molecule has 0 saturated heterocycles. The largest absolute Gasteiger partial charge is 0.368 e. The Balaban J connectivity index is 0.000000247. The molecule has 6 aromatic rings. The van der Waals surface area contributed by atoms with Crippen molar-refractivity contribution in [3.8, 4) is 0 Å². The van der Waals surface area contributed by atoms with E-state index in [4.69, 9.17) is 28.8 Å². The fraction of sp³-hybridized carbons (Fsp3) is 0.471. The number of anilines is 2. The molecule has 0 unspecified atom stereocenters. The Labute approximate surface area is 363 Å². The Kier molecular flexibility index (Phi) is 29.4. The van der Waals surface area contributed by atoms with Gasteiger partial charge in [-0.1, -0.05) is 75.5 Å². The highest BCUT2D eigenvalue weighted by molar-refractivity contribution is 8.77. The van der Waals surface area contributed by atoms with E-state index in [1.165, 1.54) is 26.0 Å². The minimum atomic E-state index is 0.542. The van der Waals surface area contributed by atoms with Gasteiger partial charge in [-0.3, -0.25) is 0 Å². The number of hydrogen-bond acceptors (Lipinski definition) is 20. The summed E-state index contributed by atoms with van der Waals surface area (Å²) in [6.45, 7) is 14.1. The number of nitrogens with two attached hydrogens (primary N) is 3. The molecule has 0 bridgehead atoms. The van der Waals surface area contributed by atoms with Crippen molar-refractivity contribution in [1.29, 1.82) is 0 Å². The van der Waals surface area contributed by atoms with Crippen molar-refractivity contribution in [2.75, 3.05) is 91.8 Å². The number of rotatable bonds is 18. The summed E-state index contributed by atoms with van der Waals surface area (Å²) in [4.78, 5) is 27.0. The molecular formula is C34H53ClN12S8. The predicted octanol–water partition coefficient (Wildman–Crippen LogP) is 8.45. The first-order valence-corrected chi connectivity index (χ1v) is 26.2. The van der Waals surface area contributed by atoms with E-state index < -0.39 is 0 Å². The lowest BCUT2D eigenvalue weighted by Crippen LogP contribution is -2.21. The van der Waals surface area contributed by atoms with Crippen LogP contribution in [0.3, 0.4) is 0 Å². The van der Waals surface area contributed by atoms with Gasteiger partial charge >= 0.3 is 0 Å². The van der Waals surface area contributed by atoms with Gasteiger partial charge in [-0.2, -0.15) is 12.6 Å². The summed E-state index contributed by atoms with van der Waals surface area (Å²) in [7, 11) is 7.23. The van der Waals surface area contributed by atoms with Gasteiger partial charge in [0, 0.05) is 61.5 Å². The molecule has 0 aliphatic carbocycles. The van der Waals surface area contributed by atoms with Crippen molar-refractivity contribution in [2.45, 2.75) is 20.8 Å². The third-order valence-corrected chi connectivity index (χ3v) is 14.9. The maximum Gasteiger partial charge on any atom is 0.150 e. The zero-order valence-corrected chi connectivity index (χ0v) is 38.8. The third-order valence-electron chi connectivity index (χ3n) is 6.68. The molecule has 0 aromatic carbocycles. The standard InChI is InChI=1S/C10H14N4S3.C8H9N3S2.C6H3ClN2S.C6H15N.C4H12N2S2/c11-2-5-16-17-6-3-12-10-9-8(1-4-15-9)13-7-14-10;12-3-2-9-8-7-6(1-4-13-7)10-5-11-8;7-6-5-4(1-2-10-5)8-3-9-6;1-4-7(5-2)6-3;5-1-3-7-8-4-2-6/h1,4,7H,2-3,5-6,11H2,(H,12,13,14);1,4-5,12H,2-3H2,(H,9,10,11);1-3H;4-6H2,1-3H3;1-6H2. The number of thiol groups is 1. The molecule has 0 aliphatic rings. The first-order chi connectivity index (χ1) is 27.0. The van der Waals surface area contributed by atoms with Crippen LogP contribution in [0.1, 0.15) is 20.8 Å². The molecule has 0 fully saturated rings. The molecule has 6 aromatic heterocycles. The van der Waals surface area contributed by atoms with Gasteiger partial charge < -0.3 is 32.7 Å². The minimum Gasteiger partial charge on any atom is -0.368 e. The summed E-state index contributed by atoms with van der Waals surface area (Å²) >= 11 is 14.8. The maximum atomic E-state index is 5.76. The van der Waals surface area contributed by atoms with Crippen molar-refractivity contribution >= 4 is 144 Å². The Morgan fingerprint density at radius 2 is 1.00 bits per heavy atom. The lowest BCUT2D eigenvalue weighted by Gasteiger charge is -2.13. The summed E-state index contributed by atoms with van der Waals surface area (Å²) in [5.41, 5.74) is 18.8. The van der Waals surface area contributed by atoms with E-state index in [1.807, 2.05) is 55.9 Å². The lowest BCUT2D eigenvalue weighted by molar-refractivity contribution is 0.321. The highest BCUT2D eigenvalue weighted by atomic mass is 35.5. The van der Waals surface area contributed by atoms with Gasteiger partial charge in [0.1, 0.15) is 35.8 Å². The van der Waals surface area contributed by atoms with E-state index >= 15 is 0 Å². The zero-order chi connectivity index (χ0) is 39.9. The van der Waals surface area contributed by atoms with Crippen molar-refractivity contribution in [3.63, 3.8) is 0 Å². The number of thiophene rings is 3. The summed E-state index contributed by atoms with van der Waals surface area (Å²) < 4.78 is 3.21. The summed E-state index contributed by atoms with van der Waals surface area (Å²) in [5.74, 6) is 6.77. The third kappa shape index (κ3) is 20.2. The first kappa shape index (κ1) is 49.7. The van der Waals surface area contributed by atoms with Crippen LogP contribution in [0.25, 0.3) is 30.6 Å². The van der Waals surface area contributed by atoms with Gasteiger partial charge in [-0.25, -0.2) is 29.9 Å². The average Bonchev–Trinajstić information content (AvgIpc) is 4.01. The van der Waals surface area contributed by atoms with Crippen molar-refractivity contribution in [3.05, 3.63) is 58.5 Å². The number of nitrogens with one attached hydrogen (secondary N) is 2. The summed E-state index contributed by atoms with van der Waals surface area (Å²) in [5, 5.41) is 13.1. The normalized spacial score (nSPS) is 10.5. The number of fused-ring (bicyclic) bond motifs is 3. The van der Waals surface area contributed by atoms with E-state index in [0.29, 0.717) is 5.15 Å². The molecule has 12 nitrogen and oxygen atoms in total. The van der Waals surface area contributed by atoms with Crippen LogP contribution in [0.15, 0.2) is 53.3 Å². The van der Waals surface area contributed by atoms with Crippen LogP contribution in [0.4, 0.5) is 11.6 Å². The number of aromatic nitrogens is 6. The van der Waals surface area contributed by atoms with Crippen LogP contribution >= 0.6 is 101 Å². The van der Waals surface area contributed by atoms with E-state index in [9.17, 15) is 0 Å². The van der Waals surface area contributed by atoms with Crippen LogP contribution in [0, 0.1) is 0 Å². The molecule has 304 valence electrons. The second kappa shape index (κ2) is 32.5. The molecule has 0 aliphatic heterocycles. The fourth-order valence-corrected chi connectivity index (χ4v) is 10.2. The van der Waals surface area contributed by atoms with E-state index in [-0.39, 0.29) is 0 Å². The van der Waals surface area contributed by atoms with Gasteiger partial charge in [0.05, 0.1) is 30.6 Å². The monoisotopic (exact) mass is 920 g/mol. The number of nitrogens with zero attached hydrogens (tertiary/aromatic N) is 7. The Morgan fingerprint density at radius 1 is 0.600 bits per heavy atom. The minimum absolute atomic E-state index is 0.542. The van der Waals surface area contributed by atoms with Gasteiger partial charge in [-0.15, -0.1) is 34.0 Å². The predicted molar refractivity (Wildman–Crippen MR) is 259 cm³/mol. The molecule has 21 heteroatoms. The average molecular weight is 922 g/mol. The van der Waals surface area contributed by atoms with Crippen molar-refractivity contribution in [2.24, 2.45) is 17.2 Å². The quantitative estimate of drug-likeness (QED) is 0.0209. The first-order valence-electron chi connectivity index (χ1n) is 17.6. The lowest BCUT2D eigenvalue weighted by atomic mass is 10.4. The molecule has 0 atom stereocenters. The van der Waals surface area contributed by atoms with Gasteiger partial charge in [0.25, 0.3) is 0 Å². The summed E-state index contributed by atoms with van der Waals surface area (Å²) in [6, 6.07) is 5.93. The van der Waals surface area contributed by atoms with Crippen LogP contribution in [-0.4, -0.2) is 116 Å². The molecular weight excluding hydrogens is 868 g/mol. The highest BCUT2D eigenvalue weighted by Crippen LogP contribution is 2.27. The molecule has 0 saturated carbocycles. The summed E-state index contributed by atoms with van der Waals surface area (Å²) in [6.07, 6.45) is 4.65. The van der Waals surface area contributed by atoms with Crippen molar-refractivity contribution < 1.29 is 0 Å². The number of hydrogen-bond donors (Lipinski definition) is 6. The maximum absolute atomic E-state index is 5.76. The second-order valence-corrected chi connectivity index (χ2v) is 19.3. The highest BCUT2D eigenvalue weighted by Gasteiger charge is 2.04. The van der Waals surface area contributed by atoms with Crippen LogP contribution in [0.2, 0.25) is 5.15 Å². The molecule has 55 heavy (non-hydrogen) atoms. The van der Waals surface area contributed by atoms with Crippen LogP contribution in [-0.2, 0) is 0 Å². The number of halogens is 1. The van der Waals surface area contributed by atoms with E-state index in [0.717, 1.165) is 104 Å². The topological polar surface area (TPSA) is 183 Å². The molecule has 8 N–H and O–H groups in total. The Hall–Kier alpha value is -1.40. The van der Waals surface area contributed by atoms with Crippen molar-refractivity contribution in [1.82, 2.24) is 34.8 Å². The molecule has 0 spiro atoms. The van der Waals surface area contributed by atoms with Gasteiger partial charge in [-0.05, 0) is 54.0 Å². The fourth-order valence-electron chi connectivity index (χ4n) is 4.02. The molecule has 6 rings (SSSR count). The molecule has 6 heterocycles.